The molecule has 160 valence electrons. The Labute approximate surface area is 189 Å². The number of hydrogen-bond donors (Lipinski definition) is 3. The van der Waals surface area contributed by atoms with Crippen LogP contribution in [0.2, 0.25) is 5.02 Å². The molecule has 1 amide bonds. The molecular formula is C25H20ClN3O3. The van der Waals surface area contributed by atoms with Crippen LogP contribution in [0, 0.1) is 4.91 Å². The van der Waals surface area contributed by atoms with Gasteiger partial charge in [0.1, 0.15) is 17.5 Å². The third-order valence-corrected chi connectivity index (χ3v) is 5.39. The van der Waals surface area contributed by atoms with Crippen LogP contribution < -0.4 is 10.6 Å². The van der Waals surface area contributed by atoms with Gasteiger partial charge in [-0.3, -0.25) is 4.79 Å². The van der Waals surface area contributed by atoms with Crippen molar-refractivity contribution >= 4 is 45.3 Å². The molecule has 32 heavy (non-hydrogen) atoms. The maximum atomic E-state index is 13.2. The number of nitroso groups, excluding NO2 is 1. The number of rotatable bonds is 7. The first-order valence-corrected chi connectivity index (χ1v) is 10.4. The van der Waals surface area contributed by atoms with E-state index in [1.54, 1.807) is 48.5 Å². The van der Waals surface area contributed by atoms with Gasteiger partial charge in [0, 0.05) is 27.9 Å². The number of aromatic hydroxyl groups is 1. The van der Waals surface area contributed by atoms with Crippen molar-refractivity contribution < 1.29 is 9.90 Å². The van der Waals surface area contributed by atoms with Crippen LogP contribution in [-0.2, 0) is 11.2 Å². The Hall–Kier alpha value is -3.90. The fourth-order valence-electron chi connectivity index (χ4n) is 3.54. The van der Waals surface area contributed by atoms with E-state index < -0.39 is 6.04 Å². The van der Waals surface area contributed by atoms with Crippen LogP contribution in [0.3, 0.4) is 0 Å². The number of carbonyl (C=O) groups is 1. The van der Waals surface area contributed by atoms with Gasteiger partial charge in [-0.15, -0.1) is 4.91 Å². The maximum absolute atomic E-state index is 13.2. The standard InChI is InChI=1S/C25H20ClN3O3/c26-17-10-12-18(13-11-17)27-25(31)23(14-16-6-2-1-3-7-16)28-22-15-21(29-32)19-8-4-5-9-20(19)24(22)30/h1-13,15,23,28,30H,14H2,(H,27,31)/t23-/m1/s1. The number of nitrogens with zero attached hydrogens (tertiary/aromatic N) is 1. The number of hydrogen-bond acceptors (Lipinski definition) is 5. The molecule has 4 aromatic rings. The fraction of sp³-hybridized carbons (Fsp3) is 0.0800. The van der Waals surface area contributed by atoms with Crippen LogP contribution in [0.15, 0.2) is 90.1 Å². The Kier molecular flexibility index (Phi) is 6.33. The van der Waals surface area contributed by atoms with Gasteiger partial charge in [-0.2, -0.15) is 0 Å². The average molecular weight is 446 g/mol. The topological polar surface area (TPSA) is 90.8 Å². The van der Waals surface area contributed by atoms with E-state index in [-0.39, 0.29) is 23.0 Å². The van der Waals surface area contributed by atoms with E-state index in [2.05, 4.69) is 15.8 Å². The van der Waals surface area contributed by atoms with Crippen molar-refractivity contribution in [3.05, 3.63) is 100 Å². The van der Waals surface area contributed by atoms with E-state index in [0.717, 1.165) is 5.56 Å². The molecule has 0 aliphatic heterocycles. The minimum absolute atomic E-state index is 0.0506. The second kappa shape index (κ2) is 9.49. The number of amides is 1. The lowest BCUT2D eigenvalue weighted by molar-refractivity contribution is -0.116. The maximum Gasteiger partial charge on any atom is 0.247 e. The largest absolute Gasteiger partial charge is 0.505 e. The Morgan fingerprint density at radius 3 is 2.28 bits per heavy atom. The molecule has 1 atom stereocenters. The van der Waals surface area contributed by atoms with Crippen molar-refractivity contribution in [2.75, 3.05) is 10.6 Å². The van der Waals surface area contributed by atoms with Gasteiger partial charge in [-0.05, 0) is 41.1 Å². The second-order valence-electron chi connectivity index (χ2n) is 7.31. The summed E-state index contributed by atoms with van der Waals surface area (Å²) in [6.07, 6.45) is 0.358. The Bertz CT molecular complexity index is 1260. The zero-order chi connectivity index (χ0) is 22.5. The molecule has 0 unspecified atom stereocenters. The van der Waals surface area contributed by atoms with Crippen molar-refractivity contribution in [3.63, 3.8) is 0 Å². The molecule has 7 heteroatoms. The number of phenolic OH excluding ortho intramolecular Hbond substituents is 1. The van der Waals surface area contributed by atoms with Gasteiger partial charge in [0.25, 0.3) is 0 Å². The normalized spacial score (nSPS) is 11.7. The molecular weight excluding hydrogens is 426 g/mol. The van der Waals surface area contributed by atoms with Gasteiger partial charge >= 0.3 is 0 Å². The van der Waals surface area contributed by atoms with E-state index in [0.29, 0.717) is 27.9 Å². The molecule has 0 radical (unpaired) electrons. The number of phenols is 1. The molecule has 0 fully saturated rings. The molecule has 0 aliphatic carbocycles. The molecule has 0 spiro atoms. The van der Waals surface area contributed by atoms with Crippen LogP contribution in [0.1, 0.15) is 5.56 Å². The van der Waals surface area contributed by atoms with E-state index in [9.17, 15) is 14.8 Å². The Morgan fingerprint density at radius 2 is 1.59 bits per heavy atom. The van der Waals surface area contributed by atoms with E-state index in [1.165, 1.54) is 6.07 Å². The summed E-state index contributed by atoms with van der Waals surface area (Å²) in [6.45, 7) is 0. The highest BCUT2D eigenvalue weighted by molar-refractivity contribution is 6.30. The summed E-state index contributed by atoms with van der Waals surface area (Å²) in [5.74, 6) is -0.352. The number of halogens is 1. The van der Waals surface area contributed by atoms with Crippen LogP contribution in [0.5, 0.6) is 5.75 Å². The summed E-state index contributed by atoms with van der Waals surface area (Å²) < 4.78 is 0. The van der Waals surface area contributed by atoms with Crippen LogP contribution in [0.25, 0.3) is 10.8 Å². The quantitative estimate of drug-likeness (QED) is 0.231. The zero-order valence-electron chi connectivity index (χ0n) is 17.0. The number of nitrogens with one attached hydrogen (secondary N) is 2. The number of benzene rings is 4. The molecule has 3 N–H and O–H groups in total. The predicted octanol–water partition coefficient (Wildman–Crippen LogP) is 6.26. The predicted molar refractivity (Wildman–Crippen MR) is 129 cm³/mol. The average Bonchev–Trinajstić information content (AvgIpc) is 2.82. The van der Waals surface area contributed by atoms with Gasteiger partial charge in [0.2, 0.25) is 5.91 Å². The van der Waals surface area contributed by atoms with Gasteiger partial charge in [-0.1, -0.05) is 66.2 Å². The number of fused-ring (bicyclic) bond motifs is 1. The summed E-state index contributed by atoms with van der Waals surface area (Å²) >= 11 is 5.93. The third kappa shape index (κ3) is 4.71. The lowest BCUT2D eigenvalue weighted by Crippen LogP contribution is -2.36. The van der Waals surface area contributed by atoms with E-state index in [1.807, 2.05) is 30.3 Å². The van der Waals surface area contributed by atoms with Crippen LogP contribution in [-0.4, -0.2) is 17.1 Å². The summed E-state index contributed by atoms with van der Waals surface area (Å²) in [5.41, 5.74) is 1.96. The first kappa shape index (κ1) is 21.3. The number of carbonyl (C=O) groups excluding carboxylic acids is 1. The highest BCUT2D eigenvalue weighted by Crippen LogP contribution is 2.39. The summed E-state index contributed by atoms with van der Waals surface area (Å²) in [4.78, 5) is 24.6. The van der Waals surface area contributed by atoms with Crippen molar-refractivity contribution in [3.8, 4) is 5.75 Å². The van der Waals surface area contributed by atoms with Gasteiger partial charge in [0.05, 0.1) is 5.69 Å². The molecule has 0 aliphatic rings. The molecule has 0 saturated heterocycles. The van der Waals surface area contributed by atoms with Gasteiger partial charge in [-0.25, -0.2) is 0 Å². The second-order valence-corrected chi connectivity index (χ2v) is 7.75. The smallest absolute Gasteiger partial charge is 0.247 e. The summed E-state index contributed by atoms with van der Waals surface area (Å²) in [5, 5.41) is 21.5. The molecule has 4 aromatic carbocycles. The highest BCUT2D eigenvalue weighted by Gasteiger charge is 2.22. The third-order valence-electron chi connectivity index (χ3n) is 5.13. The van der Waals surface area contributed by atoms with E-state index in [4.69, 9.17) is 11.6 Å². The molecule has 0 bridgehead atoms. The molecule has 0 aromatic heterocycles. The van der Waals surface area contributed by atoms with Crippen molar-refractivity contribution in [1.29, 1.82) is 0 Å². The fourth-order valence-corrected chi connectivity index (χ4v) is 3.66. The first-order valence-electron chi connectivity index (χ1n) is 10.00. The Balaban J connectivity index is 1.68. The minimum Gasteiger partial charge on any atom is -0.505 e. The molecule has 6 nitrogen and oxygen atoms in total. The molecule has 0 heterocycles. The first-order chi connectivity index (χ1) is 15.5. The lowest BCUT2D eigenvalue weighted by Gasteiger charge is -2.21. The minimum atomic E-state index is -0.736. The summed E-state index contributed by atoms with van der Waals surface area (Å²) in [7, 11) is 0. The van der Waals surface area contributed by atoms with Gasteiger partial charge in [0.15, 0.2) is 0 Å². The summed E-state index contributed by atoms with van der Waals surface area (Å²) in [6, 6.07) is 24.0. The van der Waals surface area contributed by atoms with Gasteiger partial charge < -0.3 is 15.7 Å². The van der Waals surface area contributed by atoms with Crippen LogP contribution in [0.4, 0.5) is 17.1 Å². The monoisotopic (exact) mass is 445 g/mol. The Morgan fingerprint density at radius 1 is 0.938 bits per heavy atom. The van der Waals surface area contributed by atoms with E-state index >= 15 is 0 Å². The van der Waals surface area contributed by atoms with Crippen molar-refractivity contribution in [2.24, 2.45) is 5.18 Å². The SMILES string of the molecule is O=Nc1cc(N[C@H](Cc2ccccc2)C(=O)Nc2ccc(Cl)cc2)c(O)c2ccccc12. The van der Waals surface area contributed by atoms with Crippen molar-refractivity contribution in [2.45, 2.75) is 12.5 Å². The lowest BCUT2D eigenvalue weighted by atomic mass is 10.0. The zero-order valence-corrected chi connectivity index (χ0v) is 17.7. The molecule has 4 rings (SSSR count). The molecule has 0 saturated carbocycles. The van der Waals surface area contributed by atoms with Crippen LogP contribution >= 0.6 is 11.6 Å². The highest BCUT2D eigenvalue weighted by atomic mass is 35.5. The number of anilines is 2. The van der Waals surface area contributed by atoms with Crippen molar-refractivity contribution in [1.82, 2.24) is 0 Å².